The minimum Gasteiger partial charge on any atom is -0.388 e. The molecule has 0 amide bonds. The van der Waals surface area contributed by atoms with E-state index in [0.29, 0.717) is 0 Å². The molecule has 0 bridgehead atoms. The maximum absolute atomic E-state index is 5.67. The van der Waals surface area contributed by atoms with Crippen molar-refractivity contribution in [2.75, 3.05) is 11.5 Å². The van der Waals surface area contributed by atoms with Gasteiger partial charge < -0.3 is 5.73 Å². The van der Waals surface area contributed by atoms with Gasteiger partial charge in [0.05, 0.1) is 0 Å². The molecule has 1 aromatic heterocycles. The highest BCUT2D eigenvalue weighted by Gasteiger charge is 2.05. The van der Waals surface area contributed by atoms with Gasteiger partial charge in [-0.3, -0.25) is 0 Å². The van der Waals surface area contributed by atoms with Gasteiger partial charge in [0.25, 0.3) is 0 Å². The lowest BCUT2D eigenvalue weighted by Gasteiger charge is -2.05. The molecule has 1 unspecified atom stereocenters. The first-order chi connectivity index (χ1) is 6.24. The average molecular weight is 217 g/mol. The van der Waals surface area contributed by atoms with E-state index in [1.54, 1.807) is 0 Å². The van der Waals surface area contributed by atoms with Crippen molar-refractivity contribution in [2.24, 2.45) is 5.92 Å². The molecule has 0 saturated heterocycles. The quantitative estimate of drug-likeness (QED) is 0.823. The summed E-state index contributed by atoms with van der Waals surface area (Å²) in [4.78, 5) is 0. The Bertz CT molecular complexity index is 249. The first-order valence-corrected chi connectivity index (χ1v) is 6.31. The van der Waals surface area contributed by atoms with Gasteiger partial charge in [0.15, 0.2) is 0 Å². The van der Waals surface area contributed by atoms with Gasteiger partial charge in [0.2, 0.25) is 0 Å². The molecule has 3 nitrogen and oxygen atoms in total. The fraction of sp³-hybridized carbons (Fsp3) is 0.750. The van der Waals surface area contributed by atoms with Crippen molar-refractivity contribution in [2.45, 2.75) is 26.0 Å². The molecule has 0 aliphatic carbocycles. The third-order valence-electron chi connectivity index (χ3n) is 1.92. The van der Waals surface area contributed by atoms with E-state index in [1.165, 1.54) is 23.7 Å². The second-order valence-corrected chi connectivity index (χ2v) is 4.93. The predicted octanol–water partition coefficient (Wildman–Crippen LogP) is 2.40. The number of aromatic nitrogens is 2. The molecule has 74 valence electrons. The molecule has 5 heteroatoms. The van der Waals surface area contributed by atoms with Crippen LogP contribution in [0.2, 0.25) is 0 Å². The van der Waals surface area contributed by atoms with Gasteiger partial charge in [-0.2, -0.15) is 11.8 Å². The number of rotatable bonds is 5. The molecule has 2 N–H and O–H groups in total. The monoisotopic (exact) mass is 217 g/mol. The number of thioether (sulfide) groups is 1. The zero-order valence-electron chi connectivity index (χ0n) is 7.99. The molecule has 1 aromatic rings. The summed E-state index contributed by atoms with van der Waals surface area (Å²) in [6.45, 7) is 4.47. The Morgan fingerprint density at radius 2 is 2.38 bits per heavy atom. The second-order valence-electron chi connectivity index (χ2n) is 3.11. The molecule has 1 atom stereocenters. The number of hydrogen-bond donors (Lipinski definition) is 1. The zero-order chi connectivity index (χ0) is 9.68. The second kappa shape index (κ2) is 5.44. The van der Waals surface area contributed by atoms with Crippen molar-refractivity contribution in [3.05, 3.63) is 5.69 Å². The van der Waals surface area contributed by atoms with Gasteiger partial charge in [-0.05, 0) is 11.7 Å². The largest absolute Gasteiger partial charge is 0.388 e. The average Bonchev–Trinajstić information content (AvgIpc) is 2.52. The van der Waals surface area contributed by atoms with Crippen molar-refractivity contribution < 1.29 is 0 Å². The number of hydrogen-bond acceptors (Lipinski definition) is 5. The lowest BCUT2D eigenvalue weighted by molar-refractivity contribution is 0.637. The normalized spacial score (nSPS) is 13.1. The third-order valence-corrected chi connectivity index (χ3v) is 3.80. The Morgan fingerprint density at radius 3 is 2.92 bits per heavy atom. The molecule has 0 aliphatic heterocycles. The summed E-state index contributed by atoms with van der Waals surface area (Å²) < 4.78 is 3.79. The number of nitrogen functional groups attached to an aromatic ring is 1. The Morgan fingerprint density at radius 1 is 1.62 bits per heavy atom. The topological polar surface area (TPSA) is 51.8 Å². The fourth-order valence-corrected chi connectivity index (χ4v) is 2.49. The van der Waals surface area contributed by atoms with Crippen molar-refractivity contribution in [3.8, 4) is 0 Å². The van der Waals surface area contributed by atoms with E-state index in [-0.39, 0.29) is 0 Å². The van der Waals surface area contributed by atoms with Gasteiger partial charge >= 0.3 is 0 Å². The van der Waals surface area contributed by atoms with Crippen LogP contribution in [0.4, 0.5) is 5.00 Å². The van der Waals surface area contributed by atoms with E-state index in [1.807, 2.05) is 11.8 Å². The summed E-state index contributed by atoms with van der Waals surface area (Å²) >= 11 is 3.15. The third kappa shape index (κ3) is 3.52. The zero-order valence-corrected chi connectivity index (χ0v) is 9.62. The summed E-state index contributed by atoms with van der Waals surface area (Å²) in [5.41, 5.74) is 6.61. The Labute approximate surface area is 87.3 Å². The molecule has 0 radical (unpaired) electrons. The maximum atomic E-state index is 5.67. The van der Waals surface area contributed by atoms with Gasteiger partial charge in [0.1, 0.15) is 10.7 Å². The van der Waals surface area contributed by atoms with Gasteiger partial charge in [0, 0.05) is 17.3 Å². The molecule has 0 spiro atoms. The van der Waals surface area contributed by atoms with Crippen LogP contribution >= 0.6 is 23.3 Å². The van der Waals surface area contributed by atoms with E-state index in [2.05, 4.69) is 23.4 Å². The molecular formula is C8H15N3S2. The summed E-state index contributed by atoms with van der Waals surface area (Å²) in [5.74, 6) is 2.85. The molecule has 0 saturated carbocycles. The molecule has 0 aromatic carbocycles. The summed E-state index contributed by atoms with van der Waals surface area (Å²) in [6.07, 6.45) is 1.23. The van der Waals surface area contributed by atoms with Crippen molar-refractivity contribution in [1.29, 1.82) is 0 Å². The Hall–Kier alpha value is -0.290. The standard InChI is InChI=1S/C8H15N3S2/c1-3-6(2)4-12-5-7-8(9)13-11-10-7/h6H,3-5,9H2,1-2H3. The van der Waals surface area contributed by atoms with Crippen LogP contribution in [0.25, 0.3) is 0 Å². The smallest absolute Gasteiger partial charge is 0.131 e. The number of nitrogens with two attached hydrogens (primary N) is 1. The molecule has 1 heterocycles. The predicted molar refractivity (Wildman–Crippen MR) is 59.9 cm³/mol. The highest BCUT2D eigenvalue weighted by atomic mass is 32.2. The van der Waals surface area contributed by atoms with Crippen LogP contribution in [0.3, 0.4) is 0 Å². The number of nitrogens with zero attached hydrogens (tertiary/aromatic N) is 2. The van der Waals surface area contributed by atoms with E-state index >= 15 is 0 Å². The van der Waals surface area contributed by atoms with Crippen LogP contribution in [0.5, 0.6) is 0 Å². The lowest BCUT2D eigenvalue weighted by atomic mass is 10.2. The van der Waals surface area contributed by atoms with Gasteiger partial charge in [-0.1, -0.05) is 24.8 Å². The van der Waals surface area contributed by atoms with Crippen molar-refractivity contribution in [1.82, 2.24) is 9.59 Å². The summed E-state index contributed by atoms with van der Waals surface area (Å²) in [5, 5.41) is 4.72. The molecule has 0 fully saturated rings. The highest BCUT2D eigenvalue weighted by Crippen LogP contribution is 2.21. The van der Waals surface area contributed by atoms with Crippen LogP contribution in [0.1, 0.15) is 26.0 Å². The lowest BCUT2D eigenvalue weighted by Crippen LogP contribution is -1.97. The molecule has 1 rings (SSSR count). The van der Waals surface area contributed by atoms with Crippen molar-refractivity contribution >= 4 is 28.3 Å². The maximum Gasteiger partial charge on any atom is 0.131 e. The van der Waals surface area contributed by atoms with E-state index in [4.69, 9.17) is 5.73 Å². The number of anilines is 1. The van der Waals surface area contributed by atoms with Crippen LogP contribution in [0, 0.1) is 5.92 Å². The summed E-state index contributed by atoms with van der Waals surface area (Å²) in [6, 6.07) is 0. The fourth-order valence-electron chi connectivity index (χ4n) is 0.790. The Kier molecular flexibility index (Phi) is 4.52. The summed E-state index contributed by atoms with van der Waals surface area (Å²) in [7, 11) is 0. The first kappa shape index (κ1) is 10.8. The van der Waals surface area contributed by atoms with E-state index in [0.717, 1.165) is 22.4 Å². The van der Waals surface area contributed by atoms with E-state index < -0.39 is 0 Å². The van der Waals surface area contributed by atoms with Gasteiger partial charge in [-0.15, -0.1) is 5.10 Å². The van der Waals surface area contributed by atoms with Crippen LogP contribution in [-0.2, 0) is 5.75 Å². The molecule has 0 aliphatic rings. The highest BCUT2D eigenvalue weighted by molar-refractivity contribution is 7.98. The molecular weight excluding hydrogens is 202 g/mol. The van der Waals surface area contributed by atoms with E-state index in [9.17, 15) is 0 Å². The SMILES string of the molecule is CCC(C)CSCc1nnsc1N. The van der Waals surface area contributed by atoms with Gasteiger partial charge in [-0.25, -0.2) is 0 Å². The van der Waals surface area contributed by atoms with Crippen LogP contribution < -0.4 is 5.73 Å². The molecule has 13 heavy (non-hydrogen) atoms. The minimum absolute atomic E-state index is 0.761. The van der Waals surface area contributed by atoms with Crippen LogP contribution in [0.15, 0.2) is 0 Å². The van der Waals surface area contributed by atoms with Crippen molar-refractivity contribution in [3.63, 3.8) is 0 Å². The van der Waals surface area contributed by atoms with Crippen LogP contribution in [-0.4, -0.2) is 15.3 Å². The first-order valence-electron chi connectivity index (χ1n) is 4.38. The minimum atomic E-state index is 0.761. The Balaban J connectivity index is 2.24.